The molecule has 1 aromatic carbocycles. The van der Waals surface area contributed by atoms with Gasteiger partial charge in [0.1, 0.15) is 0 Å². The van der Waals surface area contributed by atoms with E-state index in [1.165, 1.54) is 9.80 Å². The standard InChI is InChI=1S/C21H25N3O4S2/c1-4-5-8-23-18(26)21(30)10-19(2,11-22)16(24(21)17(25)20(23,3)29)13-6-7-14-15(9-13)28-12-27-14/h6-7,9,16,29-30H,4-5,8,10,12H2,1-3H3/t16?,19-,20+,21+/m1/s1. The van der Waals surface area contributed by atoms with Crippen LogP contribution < -0.4 is 9.47 Å². The lowest BCUT2D eigenvalue weighted by Gasteiger charge is -2.52. The van der Waals surface area contributed by atoms with Crippen LogP contribution in [0, 0.1) is 16.7 Å². The SMILES string of the molecule is CCCCN1C(=O)[C@@]2(S)C[C@](C)(C#N)C(c3ccc4c(c3)OCO4)N2C(=O)[C@]1(C)S. The first-order valence-electron chi connectivity index (χ1n) is 10.0. The maximum Gasteiger partial charge on any atom is 0.260 e. The zero-order valence-electron chi connectivity index (χ0n) is 17.2. The highest BCUT2D eigenvalue weighted by Gasteiger charge is 2.69. The van der Waals surface area contributed by atoms with Crippen molar-refractivity contribution in [2.45, 2.75) is 55.8 Å². The van der Waals surface area contributed by atoms with Gasteiger partial charge in [-0.15, -0.1) is 25.3 Å². The summed E-state index contributed by atoms with van der Waals surface area (Å²) in [7, 11) is 0. The lowest BCUT2D eigenvalue weighted by molar-refractivity contribution is -0.165. The molecule has 0 aliphatic carbocycles. The topological polar surface area (TPSA) is 82.9 Å². The van der Waals surface area contributed by atoms with Crippen molar-refractivity contribution >= 4 is 37.1 Å². The van der Waals surface area contributed by atoms with Gasteiger partial charge in [-0.05, 0) is 38.0 Å². The number of unbranched alkanes of at least 4 members (excludes halogenated alkanes) is 1. The van der Waals surface area contributed by atoms with Crippen LogP contribution in [0.25, 0.3) is 0 Å². The van der Waals surface area contributed by atoms with Gasteiger partial charge in [0.25, 0.3) is 11.8 Å². The third-order valence-electron chi connectivity index (χ3n) is 6.31. The first-order chi connectivity index (χ1) is 14.1. The lowest BCUT2D eigenvalue weighted by atomic mass is 9.79. The van der Waals surface area contributed by atoms with Crippen LogP contribution in [0.5, 0.6) is 11.5 Å². The summed E-state index contributed by atoms with van der Waals surface area (Å²) in [4.78, 5) is 27.6. The van der Waals surface area contributed by atoms with Crippen molar-refractivity contribution < 1.29 is 19.1 Å². The molecule has 1 aromatic rings. The Morgan fingerprint density at radius 3 is 2.57 bits per heavy atom. The summed E-state index contributed by atoms with van der Waals surface area (Å²) < 4.78 is 10.9. The third-order valence-corrected chi connectivity index (χ3v) is 7.31. The summed E-state index contributed by atoms with van der Waals surface area (Å²) in [6.45, 7) is 5.96. The second-order valence-electron chi connectivity index (χ2n) is 8.54. The Bertz CT molecular complexity index is 962. The number of nitriles is 1. The number of fused-ring (bicyclic) bond motifs is 2. The first kappa shape index (κ1) is 21.2. The van der Waals surface area contributed by atoms with Crippen molar-refractivity contribution in [1.82, 2.24) is 9.80 Å². The van der Waals surface area contributed by atoms with E-state index in [-0.39, 0.29) is 25.0 Å². The van der Waals surface area contributed by atoms with Crippen LogP contribution in [0.1, 0.15) is 51.6 Å². The highest BCUT2D eigenvalue weighted by Crippen LogP contribution is 2.60. The number of carbonyl (C=O) groups is 2. The van der Waals surface area contributed by atoms with Crippen molar-refractivity contribution in [2.75, 3.05) is 13.3 Å². The predicted octanol–water partition coefficient (Wildman–Crippen LogP) is 3.13. The van der Waals surface area contributed by atoms with Crippen LogP contribution in [0.3, 0.4) is 0 Å². The smallest absolute Gasteiger partial charge is 0.260 e. The summed E-state index contributed by atoms with van der Waals surface area (Å²) in [6, 6.07) is 7.03. The predicted molar refractivity (Wildman–Crippen MR) is 116 cm³/mol. The Hall–Kier alpha value is -2.05. The normalized spacial score (nSPS) is 34.9. The average Bonchev–Trinajstić information content (AvgIpc) is 3.26. The van der Waals surface area contributed by atoms with E-state index in [1.807, 2.05) is 13.0 Å². The highest BCUT2D eigenvalue weighted by molar-refractivity contribution is 7.83. The molecule has 0 bridgehead atoms. The van der Waals surface area contributed by atoms with E-state index >= 15 is 0 Å². The minimum atomic E-state index is -1.42. The summed E-state index contributed by atoms with van der Waals surface area (Å²) in [6.07, 6.45) is 1.75. The molecule has 4 rings (SSSR count). The number of hydrogen-bond acceptors (Lipinski definition) is 7. The quantitative estimate of drug-likeness (QED) is 0.693. The van der Waals surface area contributed by atoms with Gasteiger partial charge in [0.15, 0.2) is 21.2 Å². The summed E-state index contributed by atoms with van der Waals surface area (Å²) in [5.41, 5.74) is -0.322. The van der Waals surface area contributed by atoms with E-state index in [2.05, 4.69) is 18.7 Å². The fourth-order valence-electron chi connectivity index (χ4n) is 4.75. The molecule has 0 N–H and O–H groups in total. The van der Waals surface area contributed by atoms with Gasteiger partial charge in [0.2, 0.25) is 6.79 Å². The second-order valence-corrected chi connectivity index (χ2v) is 10.2. The van der Waals surface area contributed by atoms with Crippen LogP contribution in [0.15, 0.2) is 18.2 Å². The zero-order chi connectivity index (χ0) is 21.9. The van der Waals surface area contributed by atoms with Crippen molar-refractivity contribution in [1.29, 1.82) is 5.26 Å². The number of nitrogens with zero attached hydrogens (tertiary/aromatic N) is 3. The number of rotatable bonds is 4. The minimum absolute atomic E-state index is 0.121. The Morgan fingerprint density at radius 2 is 1.90 bits per heavy atom. The molecule has 3 heterocycles. The van der Waals surface area contributed by atoms with E-state index < -0.39 is 21.2 Å². The molecule has 0 radical (unpaired) electrons. The molecule has 2 fully saturated rings. The van der Waals surface area contributed by atoms with Crippen LogP contribution in [-0.2, 0) is 9.59 Å². The molecular weight excluding hydrogens is 422 g/mol. The largest absolute Gasteiger partial charge is 0.454 e. The summed E-state index contributed by atoms with van der Waals surface area (Å²) in [5, 5.41) is 10.1. The van der Waals surface area contributed by atoms with Gasteiger partial charge in [-0.1, -0.05) is 19.4 Å². The fourth-order valence-corrected chi connectivity index (χ4v) is 5.70. The molecule has 2 amide bonds. The second kappa shape index (κ2) is 6.99. The Morgan fingerprint density at radius 1 is 1.20 bits per heavy atom. The number of benzene rings is 1. The number of ether oxygens (including phenoxy) is 2. The molecule has 1 unspecified atom stereocenters. The van der Waals surface area contributed by atoms with Gasteiger partial charge in [0, 0.05) is 13.0 Å². The molecule has 160 valence electrons. The van der Waals surface area contributed by atoms with Crippen molar-refractivity contribution in [2.24, 2.45) is 5.41 Å². The molecule has 9 heteroatoms. The van der Waals surface area contributed by atoms with Crippen molar-refractivity contribution in [3.05, 3.63) is 23.8 Å². The maximum absolute atomic E-state index is 13.7. The number of piperazine rings is 1. The molecule has 4 atom stereocenters. The number of hydrogen-bond donors (Lipinski definition) is 2. The highest BCUT2D eigenvalue weighted by atomic mass is 32.1. The zero-order valence-corrected chi connectivity index (χ0v) is 19.0. The summed E-state index contributed by atoms with van der Waals surface area (Å²) >= 11 is 9.37. The molecule has 7 nitrogen and oxygen atoms in total. The van der Waals surface area contributed by atoms with E-state index in [4.69, 9.17) is 22.1 Å². The number of thiol groups is 2. The van der Waals surface area contributed by atoms with Crippen LogP contribution in [0.4, 0.5) is 0 Å². The van der Waals surface area contributed by atoms with Gasteiger partial charge in [0.05, 0.1) is 17.5 Å². The third kappa shape index (κ3) is 2.80. The van der Waals surface area contributed by atoms with Crippen molar-refractivity contribution in [3.8, 4) is 17.6 Å². The molecular formula is C21H25N3O4S2. The van der Waals surface area contributed by atoms with Gasteiger partial charge in [-0.25, -0.2) is 0 Å². The van der Waals surface area contributed by atoms with E-state index in [9.17, 15) is 14.9 Å². The monoisotopic (exact) mass is 447 g/mol. The molecule has 30 heavy (non-hydrogen) atoms. The van der Waals surface area contributed by atoms with Crippen LogP contribution in [-0.4, -0.2) is 44.7 Å². The maximum atomic E-state index is 13.7. The summed E-state index contributed by atoms with van der Waals surface area (Å²) in [5.74, 6) is 0.538. The molecule has 0 saturated carbocycles. The number of amides is 2. The lowest BCUT2D eigenvalue weighted by Crippen LogP contribution is -2.71. The van der Waals surface area contributed by atoms with E-state index in [0.29, 0.717) is 23.6 Å². The van der Waals surface area contributed by atoms with Crippen LogP contribution >= 0.6 is 25.3 Å². The minimum Gasteiger partial charge on any atom is -0.454 e. The molecule has 2 saturated heterocycles. The molecule has 0 aromatic heterocycles. The van der Waals surface area contributed by atoms with Crippen LogP contribution in [0.2, 0.25) is 0 Å². The first-order valence-corrected chi connectivity index (χ1v) is 10.9. The van der Waals surface area contributed by atoms with E-state index in [0.717, 1.165) is 12.8 Å². The Balaban J connectivity index is 1.84. The van der Waals surface area contributed by atoms with Gasteiger partial charge < -0.3 is 19.3 Å². The molecule has 3 aliphatic heterocycles. The van der Waals surface area contributed by atoms with E-state index in [1.54, 1.807) is 26.0 Å². The van der Waals surface area contributed by atoms with Gasteiger partial charge in [-0.2, -0.15) is 5.26 Å². The fraction of sp³-hybridized carbons (Fsp3) is 0.571. The number of carbonyl (C=O) groups excluding carboxylic acids is 2. The average molecular weight is 448 g/mol. The van der Waals surface area contributed by atoms with Gasteiger partial charge >= 0.3 is 0 Å². The van der Waals surface area contributed by atoms with Gasteiger partial charge in [-0.3, -0.25) is 9.59 Å². The molecule has 0 spiro atoms. The Labute approximate surface area is 187 Å². The van der Waals surface area contributed by atoms with Crippen molar-refractivity contribution in [3.63, 3.8) is 0 Å². The molecule has 3 aliphatic rings. The Kier molecular flexibility index (Phi) is 4.94.